The first-order chi connectivity index (χ1) is 8.15. The Morgan fingerprint density at radius 3 is 2.50 bits per heavy atom. The molecule has 1 atom stereocenters. The predicted molar refractivity (Wildman–Crippen MR) is 58.0 cm³/mol. The number of carbonyl (C=O) groups excluding carboxylic acids is 1. The number of alkyl halides is 3. The summed E-state index contributed by atoms with van der Waals surface area (Å²) in [6.07, 6.45) is -5.88. The summed E-state index contributed by atoms with van der Waals surface area (Å²) in [6, 6.07) is 5.32. The Bertz CT molecular complexity index is 438. The molecule has 0 radical (unpaired) electrons. The fourth-order valence-corrected chi connectivity index (χ4v) is 1.59. The lowest BCUT2D eigenvalue weighted by Crippen LogP contribution is -2.29. The molecule has 1 unspecified atom stereocenters. The van der Waals surface area contributed by atoms with Crippen LogP contribution in [0.5, 0.6) is 0 Å². The van der Waals surface area contributed by atoms with Crippen LogP contribution in [0.3, 0.4) is 0 Å². The molecule has 0 fully saturated rings. The van der Waals surface area contributed by atoms with Crippen molar-refractivity contribution < 1.29 is 27.8 Å². The molecule has 0 aromatic heterocycles. The maximum atomic E-state index is 12.3. The van der Waals surface area contributed by atoms with Crippen molar-refractivity contribution in [3.8, 4) is 0 Å². The van der Waals surface area contributed by atoms with Crippen LogP contribution in [-0.2, 0) is 10.3 Å². The Labute approximate surface area is 102 Å². The molecule has 1 N–H and O–H groups in total. The summed E-state index contributed by atoms with van der Waals surface area (Å²) in [4.78, 5) is 11.3. The SMILES string of the molecule is COC(=O)c1cccc(C(C)(O)CC(F)(F)F)c1. The molecule has 0 saturated carbocycles. The quantitative estimate of drug-likeness (QED) is 0.852. The summed E-state index contributed by atoms with van der Waals surface area (Å²) in [5, 5.41) is 9.83. The summed E-state index contributed by atoms with van der Waals surface area (Å²) in [5.74, 6) is -0.667. The number of rotatable bonds is 3. The fourth-order valence-electron chi connectivity index (χ4n) is 1.59. The lowest BCUT2D eigenvalue weighted by atomic mass is 9.91. The second-order valence-electron chi connectivity index (χ2n) is 4.14. The topological polar surface area (TPSA) is 46.5 Å². The summed E-state index contributed by atoms with van der Waals surface area (Å²) >= 11 is 0. The van der Waals surface area contributed by atoms with Crippen molar-refractivity contribution >= 4 is 5.97 Å². The zero-order chi connectivity index (χ0) is 14.0. The number of ether oxygens (including phenoxy) is 1. The number of esters is 1. The standard InChI is InChI=1S/C12H13F3O3/c1-11(17,7-12(13,14)15)9-5-3-4-8(6-9)10(16)18-2/h3-6,17H,7H2,1-2H3. The van der Waals surface area contributed by atoms with E-state index in [1.807, 2.05) is 0 Å². The van der Waals surface area contributed by atoms with E-state index < -0.39 is 24.2 Å². The Kier molecular flexibility index (Phi) is 4.01. The summed E-state index contributed by atoms with van der Waals surface area (Å²) < 4.78 is 41.4. The average molecular weight is 262 g/mol. The molecule has 0 aliphatic carbocycles. The van der Waals surface area contributed by atoms with Crippen molar-refractivity contribution in [3.05, 3.63) is 35.4 Å². The molecule has 0 saturated heterocycles. The van der Waals surface area contributed by atoms with Gasteiger partial charge in [-0.25, -0.2) is 4.79 Å². The van der Waals surface area contributed by atoms with E-state index in [2.05, 4.69) is 4.74 Å². The number of methoxy groups -OCH3 is 1. The third kappa shape index (κ3) is 3.73. The molecule has 0 heterocycles. The van der Waals surface area contributed by atoms with E-state index in [4.69, 9.17) is 0 Å². The summed E-state index contributed by atoms with van der Waals surface area (Å²) in [6.45, 7) is 1.05. The normalized spacial score (nSPS) is 15.0. The number of benzene rings is 1. The first-order valence-corrected chi connectivity index (χ1v) is 5.14. The number of hydrogen-bond donors (Lipinski definition) is 1. The molecule has 0 spiro atoms. The van der Waals surface area contributed by atoms with Crippen molar-refractivity contribution in [1.82, 2.24) is 0 Å². The number of aliphatic hydroxyl groups is 1. The minimum absolute atomic E-state index is 0.0164. The van der Waals surface area contributed by atoms with E-state index in [1.165, 1.54) is 31.4 Å². The number of hydrogen-bond acceptors (Lipinski definition) is 3. The third-order valence-electron chi connectivity index (χ3n) is 2.45. The Morgan fingerprint density at radius 1 is 1.39 bits per heavy atom. The van der Waals surface area contributed by atoms with E-state index >= 15 is 0 Å². The van der Waals surface area contributed by atoms with Crippen LogP contribution in [0.2, 0.25) is 0 Å². The maximum Gasteiger partial charge on any atom is 0.392 e. The number of carbonyl (C=O) groups is 1. The van der Waals surface area contributed by atoms with Gasteiger partial charge in [-0.15, -0.1) is 0 Å². The lowest BCUT2D eigenvalue weighted by Gasteiger charge is -2.25. The highest BCUT2D eigenvalue weighted by molar-refractivity contribution is 5.89. The molecule has 0 aliphatic rings. The smallest absolute Gasteiger partial charge is 0.392 e. The van der Waals surface area contributed by atoms with Gasteiger partial charge in [0.05, 0.1) is 24.7 Å². The highest BCUT2D eigenvalue weighted by atomic mass is 19.4. The van der Waals surface area contributed by atoms with Crippen molar-refractivity contribution in [3.63, 3.8) is 0 Å². The van der Waals surface area contributed by atoms with Crippen molar-refractivity contribution in [2.75, 3.05) is 7.11 Å². The van der Waals surface area contributed by atoms with E-state index in [9.17, 15) is 23.1 Å². The van der Waals surface area contributed by atoms with Crippen LogP contribution in [0, 0.1) is 0 Å². The summed E-state index contributed by atoms with van der Waals surface area (Å²) in [7, 11) is 1.17. The van der Waals surface area contributed by atoms with E-state index in [-0.39, 0.29) is 11.1 Å². The van der Waals surface area contributed by atoms with Gasteiger partial charge in [-0.2, -0.15) is 13.2 Å². The second kappa shape index (κ2) is 4.97. The lowest BCUT2D eigenvalue weighted by molar-refractivity contribution is -0.174. The molecule has 1 aromatic carbocycles. The molecule has 1 rings (SSSR count). The van der Waals surface area contributed by atoms with Crippen molar-refractivity contribution in [2.45, 2.75) is 25.1 Å². The monoisotopic (exact) mass is 262 g/mol. The van der Waals surface area contributed by atoms with Gasteiger partial charge in [0.15, 0.2) is 0 Å². The van der Waals surface area contributed by atoms with Gasteiger partial charge in [0.25, 0.3) is 0 Å². The Hall–Kier alpha value is -1.56. The Balaban J connectivity index is 3.05. The van der Waals surface area contributed by atoms with Crippen LogP contribution >= 0.6 is 0 Å². The Morgan fingerprint density at radius 2 is 2.00 bits per heavy atom. The number of halogens is 3. The van der Waals surface area contributed by atoms with Crippen LogP contribution in [0.25, 0.3) is 0 Å². The highest BCUT2D eigenvalue weighted by Crippen LogP contribution is 2.34. The molecular formula is C12H13F3O3. The predicted octanol–water partition coefficient (Wildman–Crippen LogP) is 2.63. The van der Waals surface area contributed by atoms with Crippen LogP contribution < -0.4 is 0 Å². The second-order valence-corrected chi connectivity index (χ2v) is 4.14. The van der Waals surface area contributed by atoms with Crippen LogP contribution in [0.1, 0.15) is 29.3 Å². The zero-order valence-electron chi connectivity index (χ0n) is 9.91. The van der Waals surface area contributed by atoms with Gasteiger partial charge in [-0.1, -0.05) is 12.1 Å². The molecule has 18 heavy (non-hydrogen) atoms. The summed E-state index contributed by atoms with van der Waals surface area (Å²) in [5.41, 5.74) is -1.97. The fraction of sp³-hybridized carbons (Fsp3) is 0.417. The molecule has 1 aromatic rings. The largest absolute Gasteiger partial charge is 0.465 e. The van der Waals surface area contributed by atoms with Crippen LogP contribution in [-0.4, -0.2) is 24.4 Å². The molecule has 100 valence electrons. The van der Waals surface area contributed by atoms with Gasteiger partial charge >= 0.3 is 12.1 Å². The molecular weight excluding hydrogens is 249 g/mol. The maximum absolute atomic E-state index is 12.3. The van der Waals surface area contributed by atoms with Gasteiger partial charge in [0.2, 0.25) is 0 Å². The van der Waals surface area contributed by atoms with E-state index in [1.54, 1.807) is 0 Å². The highest BCUT2D eigenvalue weighted by Gasteiger charge is 2.39. The van der Waals surface area contributed by atoms with Gasteiger partial charge < -0.3 is 9.84 Å². The van der Waals surface area contributed by atoms with Crippen molar-refractivity contribution in [1.29, 1.82) is 0 Å². The minimum atomic E-state index is -4.50. The molecule has 0 bridgehead atoms. The average Bonchev–Trinajstić information content (AvgIpc) is 2.25. The van der Waals surface area contributed by atoms with Gasteiger partial charge in [0, 0.05) is 0 Å². The molecule has 6 heteroatoms. The van der Waals surface area contributed by atoms with Gasteiger partial charge in [0.1, 0.15) is 0 Å². The first kappa shape index (κ1) is 14.5. The van der Waals surface area contributed by atoms with Crippen LogP contribution in [0.4, 0.5) is 13.2 Å². The third-order valence-corrected chi connectivity index (χ3v) is 2.45. The van der Waals surface area contributed by atoms with E-state index in [0.717, 1.165) is 6.92 Å². The van der Waals surface area contributed by atoms with Crippen molar-refractivity contribution in [2.24, 2.45) is 0 Å². The molecule has 0 amide bonds. The van der Waals surface area contributed by atoms with E-state index in [0.29, 0.717) is 0 Å². The van der Waals surface area contributed by atoms with Gasteiger partial charge in [-0.3, -0.25) is 0 Å². The zero-order valence-corrected chi connectivity index (χ0v) is 9.91. The minimum Gasteiger partial charge on any atom is -0.465 e. The van der Waals surface area contributed by atoms with Gasteiger partial charge in [-0.05, 0) is 24.6 Å². The molecule has 3 nitrogen and oxygen atoms in total. The first-order valence-electron chi connectivity index (χ1n) is 5.14. The van der Waals surface area contributed by atoms with Crippen LogP contribution in [0.15, 0.2) is 24.3 Å². The molecule has 0 aliphatic heterocycles.